The quantitative estimate of drug-likeness (QED) is 0.912. The van der Waals surface area contributed by atoms with E-state index in [4.69, 9.17) is 0 Å². The molecule has 1 amide bonds. The number of halogens is 1. The standard InChI is InChI=1S/C16H20FNO3/c1-10-5-6-11(12(17)9-10)14(19)18-8-4-7-16(2,3)13(18)15(20)21/h5-6,9,13H,4,7-8H2,1-3H3,(H,20,21). The first-order valence-electron chi connectivity index (χ1n) is 7.04. The lowest BCUT2D eigenvalue weighted by Crippen LogP contribution is -2.56. The van der Waals surface area contributed by atoms with Gasteiger partial charge in [-0.15, -0.1) is 0 Å². The summed E-state index contributed by atoms with van der Waals surface area (Å²) in [5.74, 6) is -2.19. The van der Waals surface area contributed by atoms with Gasteiger partial charge in [0, 0.05) is 6.54 Å². The first-order valence-corrected chi connectivity index (χ1v) is 7.04. The van der Waals surface area contributed by atoms with Crippen LogP contribution in [0.1, 0.15) is 42.6 Å². The third-order valence-corrected chi connectivity index (χ3v) is 4.12. The third kappa shape index (κ3) is 2.91. The zero-order valence-corrected chi connectivity index (χ0v) is 12.5. The Kier molecular flexibility index (Phi) is 4.03. The van der Waals surface area contributed by atoms with Gasteiger partial charge in [0.05, 0.1) is 5.56 Å². The van der Waals surface area contributed by atoms with Gasteiger partial charge in [-0.25, -0.2) is 9.18 Å². The second-order valence-electron chi connectivity index (χ2n) is 6.31. The van der Waals surface area contributed by atoms with Crippen LogP contribution in [0.25, 0.3) is 0 Å². The summed E-state index contributed by atoms with van der Waals surface area (Å²) in [5, 5.41) is 9.47. The fourth-order valence-electron chi connectivity index (χ4n) is 3.03. The van der Waals surface area contributed by atoms with E-state index in [9.17, 15) is 19.1 Å². The number of rotatable bonds is 2. The zero-order chi connectivity index (χ0) is 15.8. The Labute approximate surface area is 123 Å². The number of hydrogen-bond acceptors (Lipinski definition) is 2. The first-order chi connectivity index (χ1) is 9.74. The van der Waals surface area contributed by atoms with Crippen LogP contribution in [0.2, 0.25) is 0 Å². The normalized spacial score (nSPS) is 21.1. The summed E-state index contributed by atoms with van der Waals surface area (Å²) in [7, 11) is 0. The molecule has 1 unspecified atom stereocenters. The van der Waals surface area contributed by atoms with Gasteiger partial charge in [-0.05, 0) is 42.9 Å². The van der Waals surface area contributed by atoms with Crippen LogP contribution in [-0.2, 0) is 4.79 Å². The summed E-state index contributed by atoms with van der Waals surface area (Å²) in [6.45, 7) is 5.74. The number of benzene rings is 1. The van der Waals surface area contributed by atoms with Crippen LogP contribution >= 0.6 is 0 Å². The number of aryl methyl sites for hydroxylation is 1. The predicted octanol–water partition coefficient (Wildman–Crippen LogP) is 2.85. The Morgan fingerprint density at radius 1 is 1.38 bits per heavy atom. The van der Waals surface area contributed by atoms with E-state index >= 15 is 0 Å². The minimum absolute atomic E-state index is 0.0652. The SMILES string of the molecule is Cc1ccc(C(=O)N2CCCC(C)(C)C2C(=O)O)c(F)c1. The van der Waals surface area contributed by atoms with E-state index < -0.39 is 29.2 Å². The number of piperidine rings is 1. The molecule has 21 heavy (non-hydrogen) atoms. The fraction of sp³-hybridized carbons (Fsp3) is 0.500. The topological polar surface area (TPSA) is 57.6 Å². The highest BCUT2D eigenvalue weighted by Crippen LogP contribution is 2.36. The molecule has 1 heterocycles. The van der Waals surface area contributed by atoms with Crippen LogP contribution in [0.4, 0.5) is 4.39 Å². The van der Waals surface area contributed by atoms with Crippen molar-refractivity contribution in [3.05, 3.63) is 35.1 Å². The number of likely N-dealkylation sites (tertiary alicyclic amines) is 1. The number of carboxylic acid groups (broad SMARTS) is 1. The van der Waals surface area contributed by atoms with Gasteiger partial charge in [-0.1, -0.05) is 19.9 Å². The smallest absolute Gasteiger partial charge is 0.326 e. The minimum Gasteiger partial charge on any atom is -0.480 e. The monoisotopic (exact) mass is 293 g/mol. The molecule has 0 saturated carbocycles. The summed E-state index contributed by atoms with van der Waals surface area (Å²) in [6, 6.07) is 3.44. The molecular weight excluding hydrogens is 273 g/mol. The molecule has 1 saturated heterocycles. The van der Waals surface area contributed by atoms with E-state index in [1.807, 2.05) is 13.8 Å². The number of amides is 1. The summed E-state index contributed by atoms with van der Waals surface area (Å²) in [5.41, 5.74) is 0.128. The lowest BCUT2D eigenvalue weighted by Gasteiger charge is -2.44. The van der Waals surface area contributed by atoms with Gasteiger partial charge in [-0.3, -0.25) is 4.79 Å². The van der Waals surface area contributed by atoms with Crippen LogP contribution < -0.4 is 0 Å². The molecule has 5 heteroatoms. The van der Waals surface area contributed by atoms with Crippen molar-refractivity contribution in [2.24, 2.45) is 5.41 Å². The van der Waals surface area contributed by atoms with Crippen LogP contribution in [0, 0.1) is 18.2 Å². The Morgan fingerprint density at radius 3 is 2.62 bits per heavy atom. The average molecular weight is 293 g/mol. The molecule has 4 nitrogen and oxygen atoms in total. The van der Waals surface area contributed by atoms with Crippen LogP contribution in [-0.4, -0.2) is 34.5 Å². The number of carbonyl (C=O) groups is 2. The van der Waals surface area contributed by atoms with Gasteiger partial charge in [0.1, 0.15) is 11.9 Å². The molecule has 1 aliphatic rings. The van der Waals surface area contributed by atoms with Crippen molar-refractivity contribution in [1.29, 1.82) is 0 Å². The summed E-state index contributed by atoms with van der Waals surface area (Å²) in [6.07, 6.45) is 1.44. The van der Waals surface area contributed by atoms with E-state index in [-0.39, 0.29) is 5.56 Å². The molecule has 1 aromatic carbocycles. The van der Waals surface area contributed by atoms with Crippen molar-refractivity contribution >= 4 is 11.9 Å². The molecule has 0 radical (unpaired) electrons. The molecule has 1 aliphatic heterocycles. The second kappa shape index (κ2) is 5.47. The van der Waals surface area contributed by atoms with Crippen LogP contribution in [0.15, 0.2) is 18.2 Å². The Bertz CT molecular complexity index is 583. The molecule has 1 N–H and O–H groups in total. The predicted molar refractivity (Wildman–Crippen MR) is 76.6 cm³/mol. The van der Waals surface area contributed by atoms with E-state index in [1.165, 1.54) is 17.0 Å². The molecular formula is C16H20FNO3. The molecule has 1 aromatic rings. The van der Waals surface area contributed by atoms with Gasteiger partial charge in [0.2, 0.25) is 0 Å². The number of aliphatic carboxylic acids is 1. The van der Waals surface area contributed by atoms with Crippen molar-refractivity contribution in [2.75, 3.05) is 6.54 Å². The number of carbonyl (C=O) groups excluding carboxylic acids is 1. The Balaban J connectivity index is 2.38. The Hall–Kier alpha value is -1.91. The maximum absolute atomic E-state index is 14.0. The van der Waals surface area contributed by atoms with Gasteiger partial charge in [0.15, 0.2) is 0 Å². The number of nitrogens with zero attached hydrogens (tertiary/aromatic N) is 1. The maximum Gasteiger partial charge on any atom is 0.326 e. The van der Waals surface area contributed by atoms with Crippen LogP contribution in [0.3, 0.4) is 0 Å². The third-order valence-electron chi connectivity index (χ3n) is 4.12. The highest BCUT2D eigenvalue weighted by molar-refractivity contribution is 5.97. The number of carboxylic acids is 1. The summed E-state index contributed by atoms with van der Waals surface area (Å²) in [4.78, 5) is 25.4. The zero-order valence-electron chi connectivity index (χ0n) is 12.5. The first kappa shape index (κ1) is 15.5. The molecule has 0 bridgehead atoms. The van der Waals surface area contributed by atoms with Gasteiger partial charge < -0.3 is 10.0 Å². The van der Waals surface area contributed by atoms with E-state index in [0.717, 1.165) is 18.4 Å². The van der Waals surface area contributed by atoms with Crippen molar-refractivity contribution in [3.63, 3.8) is 0 Å². The largest absolute Gasteiger partial charge is 0.480 e. The van der Waals surface area contributed by atoms with E-state index in [0.29, 0.717) is 6.54 Å². The lowest BCUT2D eigenvalue weighted by atomic mass is 9.76. The van der Waals surface area contributed by atoms with Gasteiger partial charge in [0.25, 0.3) is 5.91 Å². The van der Waals surface area contributed by atoms with Crippen molar-refractivity contribution < 1.29 is 19.1 Å². The molecule has 0 aromatic heterocycles. The summed E-state index contributed by atoms with van der Waals surface area (Å²) >= 11 is 0. The molecule has 0 aliphatic carbocycles. The molecule has 114 valence electrons. The van der Waals surface area contributed by atoms with Crippen molar-refractivity contribution in [3.8, 4) is 0 Å². The fourth-order valence-corrected chi connectivity index (χ4v) is 3.03. The minimum atomic E-state index is -1.04. The lowest BCUT2D eigenvalue weighted by molar-refractivity contribution is -0.148. The summed E-state index contributed by atoms with van der Waals surface area (Å²) < 4.78 is 14.0. The van der Waals surface area contributed by atoms with E-state index in [1.54, 1.807) is 13.0 Å². The highest BCUT2D eigenvalue weighted by atomic mass is 19.1. The van der Waals surface area contributed by atoms with Crippen LogP contribution in [0.5, 0.6) is 0 Å². The molecule has 0 spiro atoms. The average Bonchev–Trinajstić information content (AvgIpc) is 2.36. The Morgan fingerprint density at radius 2 is 2.05 bits per heavy atom. The van der Waals surface area contributed by atoms with Crippen molar-refractivity contribution in [2.45, 2.75) is 39.7 Å². The van der Waals surface area contributed by atoms with E-state index in [2.05, 4.69) is 0 Å². The van der Waals surface area contributed by atoms with Crippen molar-refractivity contribution in [1.82, 2.24) is 4.90 Å². The van der Waals surface area contributed by atoms with Gasteiger partial charge >= 0.3 is 5.97 Å². The molecule has 1 fully saturated rings. The highest BCUT2D eigenvalue weighted by Gasteiger charge is 2.45. The van der Waals surface area contributed by atoms with Gasteiger partial charge in [-0.2, -0.15) is 0 Å². The number of hydrogen-bond donors (Lipinski definition) is 1. The molecule has 1 atom stereocenters. The second-order valence-corrected chi connectivity index (χ2v) is 6.31. The maximum atomic E-state index is 14.0. The molecule has 2 rings (SSSR count).